The van der Waals surface area contributed by atoms with Gasteiger partial charge in [0.05, 0.1) is 11.1 Å². The molecule has 1 aromatic heterocycles. The van der Waals surface area contributed by atoms with Gasteiger partial charge < -0.3 is 4.90 Å². The number of fused-ring (bicyclic) bond motifs is 1. The number of pyridine rings is 1. The fourth-order valence-corrected chi connectivity index (χ4v) is 2.97. The molecule has 3 rings (SSSR count). The van der Waals surface area contributed by atoms with Crippen LogP contribution in [0.2, 0.25) is 0 Å². The van der Waals surface area contributed by atoms with E-state index in [9.17, 15) is 4.79 Å². The molecule has 1 amide bonds. The van der Waals surface area contributed by atoms with Crippen LogP contribution in [0.3, 0.4) is 0 Å². The van der Waals surface area contributed by atoms with Gasteiger partial charge in [-0.1, -0.05) is 24.3 Å². The number of carbonyl (C=O) groups is 1. The Labute approximate surface area is 136 Å². The second-order valence-electron chi connectivity index (χ2n) is 5.78. The van der Waals surface area contributed by atoms with E-state index in [4.69, 9.17) is 0 Å². The molecular formula is C20H20N2O. The lowest BCUT2D eigenvalue weighted by Gasteiger charge is -2.22. The second-order valence-corrected chi connectivity index (χ2v) is 5.78. The summed E-state index contributed by atoms with van der Waals surface area (Å²) >= 11 is 0. The predicted octanol–water partition coefficient (Wildman–Crippen LogP) is 4.52. The minimum absolute atomic E-state index is 0.0122. The van der Waals surface area contributed by atoms with E-state index in [2.05, 4.69) is 11.1 Å². The number of aromatic nitrogens is 1. The number of carbonyl (C=O) groups excluding carboxylic acids is 1. The average Bonchev–Trinajstić information content (AvgIpc) is 2.54. The van der Waals surface area contributed by atoms with Crippen LogP contribution in [0.4, 0.5) is 5.69 Å². The second kappa shape index (κ2) is 6.21. The number of para-hydroxylation sites is 1. The normalized spacial score (nSPS) is 10.7. The molecule has 3 heteroatoms. The van der Waals surface area contributed by atoms with E-state index in [1.54, 1.807) is 6.20 Å². The number of benzene rings is 2. The minimum atomic E-state index is -0.0122. The standard InChI is InChI=1S/C20H20N2O/c1-4-22(17-12-14(2)11-15(3)13-17)20(23)18-9-5-7-16-8-6-10-21-19(16)18/h5-13H,4H2,1-3H3. The van der Waals surface area contributed by atoms with E-state index < -0.39 is 0 Å². The van der Waals surface area contributed by atoms with Gasteiger partial charge >= 0.3 is 0 Å². The van der Waals surface area contributed by atoms with Crippen LogP contribution in [-0.2, 0) is 0 Å². The molecule has 2 aromatic carbocycles. The number of hydrogen-bond acceptors (Lipinski definition) is 2. The summed E-state index contributed by atoms with van der Waals surface area (Å²) in [5.41, 5.74) is 4.64. The molecule has 0 saturated carbocycles. The third-order valence-corrected chi connectivity index (χ3v) is 3.94. The van der Waals surface area contributed by atoms with Crippen LogP contribution in [0.1, 0.15) is 28.4 Å². The van der Waals surface area contributed by atoms with Crippen LogP contribution < -0.4 is 4.90 Å². The van der Waals surface area contributed by atoms with E-state index in [-0.39, 0.29) is 5.91 Å². The van der Waals surface area contributed by atoms with Crippen molar-refractivity contribution in [1.29, 1.82) is 0 Å². The van der Waals surface area contributed by atoms with Crippen LogP contribution >= 0.6 is 0 Å². The smallest absolute Gasteiger partial charge is 0.260 e. The van der Waals surface area contributed by atoms with Crippen molar-refractivity contribution in [1.82, 2.24) is 4.98 Å². The highest BCUT2D eigenvalue weighted by Crippen LogP contribution is 2.23. The largest absolute Gasteiger partial charge is 0.309 e. The summed E-state index contributed by atoms with van der Waals surface area (Å²) in [5.74, 6) is -0.0122. The van der Waals surface area contributed by atoms with E-state index in [1.165, 1.54) is 0 Å². The van der Waals surface area contributed by atoms with Crippen LogP contribution in [0, 0.1) is 13.8 Å². The molecule has 0 spiro atoms. The summed E-state index contributed by atoms with van der Waals surface area (Å²) in [6.07, 6.45) is 1.73. The number of rotatable bonds is 3. The van der Waals surface area contributed by atoms with Crippen molar-refractivity contribution in [2.75, 3.05) is 11.4 Å². The van der Waals surface area contributed by atoms with Gasteiger partial charge in [0.2, 0.25) is 0 Å². The van der Waals surface area contributed by atoms with Crippen molar-refractivity contribution < 1.29 is 4.79 Å². The number of hydrogen-bond donors (Lipinski definition) is 0. The maximum absolute atomic E-state index is 13.1. The van der Waals surface area contributed by atoms with Crippen LogP contribution in [-0.4, -0.2) is 17.4 Å². The number of nitrogens with zero attached hydrogens (tertiary/aromatic N) is 2. The Balaban J connectivity index is 2.09. The Morgan fingerprint density at radius 2 is 1.74 bits per heavy atom. The van der Waals surface area contributed by atoms with Gasteiger partial charge in [0.15, 0.2) is 0 Å². The van der Waals surface area contributed by atoms with E-state index in [1.807, 2.05) is 68.1 Å². The molecule has 0 radical (unpaired) electrons. The molecule has 116 valence electrons. The van der Waals surface area contributed by atoms with Crippen LogP contribution in [0.5, 0.6) is 0 Å². The van der Waals surface area contributed by atoms with Gasteiger partial charge in [0.25, 0.3) is 5.91 Å². The number of amides is 1. The lowest BCUT2D eigenvalue weighted by molar-refractivity contribution is 0.0989. The lowest BCUT2D eigenvalue weighted by Crippen LogP contribution is -2.31. The van der Waals surface area contributed by atoms with E-state index in [0.29, 0.717) is 12.1 Å². The maximum Gasteiger partial charge on any atom is 0.260 e. The monoisotopic (exact) mass is 304 g/mol. The van der Waals surface area contributed by atoms with Gasteiger partial charge in [-0.05, 0) is 56.2 Å². The fourth-order valence-electron chi connectivity index (χ4n) is 2.97. The van der Waals surface area contributed by atoms with Crippen molar-refractivity contribution in [2.24, 2.45) is 0 Å². The quantitative estimate of drug-likeness (QED) is 0.713. The Kier molecular flexibility index (Phi) is 4.11. The fraction of sp³-hybridized carbons (Fsp3) is 0.200. The van der Waals surface area contributed by atoms with Gasteiger partial charge in [-0.2, -0.15) is 0 Å². The molecule has 3 aromatic rings. The zero-order chi connectivity index (χ0) is 16.4. The Bertz CT molecular complexity index is 845. The molecule has 0 saturated heterocycles. The summed E-state index contributed by atoms with van der Waals surface area (Å²) < 4.78 is 0. The predicted molar refractivity (Wildman–Crippen MR) is 95.0 cm³/mol. The first-order valence-corrected chi connectivity index (χ1v) is 7.84. The van der Waals surface area contributed by atoms with Gasteiger partial charge in [-0.15, -0.1) is 0 Å². The van der Waals surface area contributed by atoms with Crippen molar-refractivity contribution in [3.05, 3.63) is 71.4 Å². The molecule has 0 bridgehead atoms. The van der Waals surface area contributed by atoms with Crippen LogP contribution in [0.15, 0.2) is 54.7 Å². The van der Waals surface area contributed by atoms with Gasteiger partial charge in [0, 0.05) is 23.8 Å². The van der Waals surface area contributed by atoms with Crippen molar-refractivity contribution >= 4 is 22.5 Å². The Morgan fingerprint density at radius 3 is 2.43 bits per heavy atom. The molecule has 0 aliphatic heterocycles. The highest BCUT2D eigenvalue weighted by Gasteiger charge is 2.19. The molecule has 0 atom stereocenters. The van der Waals surface area contributed by atoms with Crippen molar-refractivity contribution in [3.63, 3.8) is 0 Å². The minimum Gasteiger partial charge on any atom is -0.309 e. The molecule has 0 N–H and O–H groups in total. The van der Waals surface area contributed by atoms with Gasteiger partial charge in [-0.25, -0.2) is 0 Å². The molecule has 0 aliphatic carbocycles. The first-order valence-electron chi connectivity index (χ1n) is 7.84. The first-order chi connectivity index (χ1) is 11.1. The molecule has 1 heterocycles. The summed E-state index contributed by atoms with van der Waals surface area (Å²) in [4.78, 5) is 19.3. The molecule has 0 aliphatic rings. The third kappa shape index (κ3) is 2.95. The molecule has 3 nitrogen and oxygen atoms in total. The highest BCUT2D eigenvalue weighted by atomic mass is 16.2. The molecule has 23 heavy (non-hydrogen) atoms. The number of anilines is 1. The van der Waals surface area contributed by atoms with E-state index in [0.717, 1.165) is 27.7 Å². The zero-order valence-electron chi connectivity index (χ0n) is 13.7. The number of aryl methyl sites for hydroxylation is 2. The van der Waals surface area contributed by atoms with Gasteiger partial charge in [-0.3, -0.25) is 9.78 Å². The maximum atomic E-state index is 13.1. The first kappa shape index (κ1) is 15.2. The zero-order valence-corrected chi connectivity index (χ0v) is 13.7. The molecule has 0 fully saturated rings. The summed E-state index contributed by atoms with van der Waals surface area (Å²) in [6, 6.07) is 15.8. The summed E-state index contributed by atoms with van der Waals surface area (Å²) in [5, 5.41) is 0.981. The van der Waals surface area contributed by atoms with Crippen molar-refractivity contribution in [3.8, 4) is 0 Å². The Morgan fingerprint density at radius 1 is 1.04 bits per heavy atom. The Hall–Kier alpha value is -2.68. The lowest BCUT2D eigenvalue weighted by atomic mass is 10.1. The topological polar surface area (TPSA) is 33.2 Å². The molecular weight excluding hydrogens is 284 g/mol. The summed E-state index contributed by atoms with van der Waals surface area (Å²) in [6.45, 7) is 6.71. The third-order valence-electron chi connectivity index (χ3n) is 3.94. The van der Waals surface area contributed by atoms with Gasteiger partial charge in [0.1, 0.15) is 0 Å². The highest BCUT2D eigenvalue weighted by molar-refractivity contribution is 6.13. The van der Waals surface area contributed by atoms with Crippen LogP contribution in [0.25, 0.3) is 10.9 Å². The average molecular weight is 304 g/mol. The van der Waals surface area contributed by atoms with Crippen molar-refractivity contribution in [2.45, 2.75) is 20.8 Å². The molecule has 0 unspecified atom stereocenters. The summed E-state index contributed by atoms with van der Waals surface area (Å²) in [7, 11) is 0. The van der Waals surface area contributed by atoms with E-state index >= 15 is 0 Å². The SMILES string of the molecule is CCN(C(=O)c1cccc2cccnc12)c1cc(C)cc(C)c1.